The lowest BCUT2D eigenvalue weighted by molar-refractivity contribution is 0.0498. The van der Waals surface area contributed by atoms with Crippen molar-refractivity contribution in [3.05, 3.63) is 65.2 Å². The number of ether oxygens (including phenoxy) is 2. The maximum atomic E-state index is 12.5. The van der Waals surface area contributed by atoms with Crippen LogP contribution >= 0.6 is 0 Å². The molecule has 0 radical (unpaired) electrons. The van der Waals surface area contributed by atoms with Gasteiger partial charge >= 0.3 is 11.9 Å². The van der Waals surface area contributed by atoms with Crippen LogP contribution in [0.5, 0.6) is 5.75 Å². The highest BCUT2D eigenvalue weighted by Crippen LogP contribution is 2.26. The van der Waals surface area contributed by atoms with Crippen LogP contribution in [-0.2, 0) is 4.74 Å². The first kappa shape index (κ1) is 19.7. The number of carbonyl (C=O) groups excluding carboxylic acids is 2. The maximum Gasteiger partial charge on any atom is 0.343 e. The molecule has 2 aromatic rings. The smallest absolute Gasteiger partial charge is 0.343 e. The molecule has 0 saturated heterocycles. The number of esters is 2. The summed E-state index contributed by atoms with van der Waals surface area (Å²) in [6.07, 6.45) is 2.93. The number of rotatable bonds is 8. The topological polar surface area (TPSA) is 52.6 Å². The Labute approximate surface area is 155 Å². The molecular weight excluding hydrogens is 328 g/mol. The van der Waals surface area contributed by atoms with Crippen molar-refractivity contribution in [2.24, 2.45) is 0 Å². The molecule has 0 amide bonds. The quantitative estimate of drug-likeness (QED) is 0.363. The fourth-order valence-electron chi connectivity index (χ4n) is 2.58. The minimum atomic E-state index is -0.487. The lowest BCUT2D eigenvalue weighted by atomic mass is 10.0. The summed E-state index contributed by atoms with van der Waals surface area (Å²) < 4.78 is 10.8. The summed E-state index contributed by atoms with van der Waals surface area (Å²) in [5.74, 6) is -0.124. The van der Waals surface area contributed by atoms with E-state index in [1.165, 1.54) is 6.07 Å². The van der Waals surface area contributed by atoms with E-state index in [0.717, 1.165) is 24.8 Å². The van der Waals surface area contributed by atoms with E-state index in [0.29, 0.717) is 23.5 Å². The Morgan fingerprint density at radius 3 is 2.31 bits per heavy atom. The third kappa shape index (κ3) is 5.45. The summed E-state index contributed by atoms with van der Waals surface area (Å²) >= 11 is 0. The van der Waals surface area contributed by atoms with Crippen LogP contribution in [0.1, 0.15) is 72.2 Å². The standard InChI is InChI=1S/C22H26O4/c1-4-5-8-14-25-21(23)17-10-9-11-18(15-17)22(24)26-20-13-7-6-12-19(20)16(2)3/h6-7,9-13,15-16H,4-5,8,14H2,1-3H3. The second-order valence-electron chi connectivity index (χ2n) is 6.51. The van der Waals surface area contributed by atoms with Gasteiger partial charge in [0.1, 0.15) is 5.75 Å². The van der Waals surface area contributed by atoms with Crippen molar-refractivity contribution >= 4 is 11.9 Å². The van der Waals surface area contributed by atoms with Crippen molar-refractivity contribution in [2.45, 2.75) is 46.0 Å². The first-order chi connectivity index (χ1) is 12.5. The Bertz CT molecular complexity index is 749. The van der Waals surface area contributed by atoms with Crippen LogP contribution in [0.4, 0.5) is 0 Å². The Kier molecular flexibility index (Phi) is 7.39. The van der Waals surface area contributed by atoms with E-state index in [1.807, 2.05) is 32.0 Å². The molecule has 2 aromatic carbocycles. The Hall–Kier alpha value is -2.62. The number of benzene rings is 2. The van der Waals surface area contributed by atoms with Gasteiger partial charge in [0.2, 0.25) is 0 Å². The molecule has 0 aliphatic heterocycles. The van der Waals surface area contributed by atoms with Crippen molar-refractivity contribution in [3.63, 3.8) is 0 Å². The van der Waals surface area contributed by atoms with Gasteiger partial charge in [-0.1, -0.05) is 57.9 Å². The average molecular weight is 354 g/mol. The van der Waals surface area contributed by atoms with Gasteiger partial charge in [0.25, 0.3) is 0 Å². The van der Waals surface area contributed by atoms with Gasteiger partial charge in [0.15, 0.2) is 0 Å². The largest absolute Gasteiger partial charge is 0.462 e. The van der Waals surface area contributed by atoms with Crippen LogP contribution in [0, 0.1) is 0 Å². The summed E-state index contributed by atoms with van der Waals surface area (Å²) in [5, 5.41) is 0. The third-order valence-corrected chi connectivity index (χ3v) is 4.06. The van der Waals surface area contributed by atoms with Crippen LogP contribution in [0.15, 0.2) is 48.5 Å². The van der Waals surface area contributed by atoms with Gasteiger partial charge in [-0.3, -0.25) is 0 Å². The molecule has 0 aliphatic carbocycles. The first-order valence-electron chi connectivity index (χ1n) is 9.11. The molecule has 4 heteroatoms. The second-order valence-corrected chi connectivity index (χ2v) is 6.51. The summed E-state index contributed by atoms with van der Waals surface area (Å²) in [5.41, 5.74) is 1.65. The van der Waals surface area contributed by atoms with Gasteiger partial charge in [-0.15, -0.1) is 0 Å². The van der Waals surface area contributed by atoms with E-state index in [9.17, 15) is 9.59 Å². The average Bonchev–Trinajstić information content (AvgIpc) is 2.65. The number of para-hydroxylation sites is 1. The van der Waals surface area contributed by atoms with E-state index in [1.54, 1.807) is 24.3 Å². The van der Waals surface area contributed by atoms with Crippen molar-refractivity contribution in [1.29, 1.82) is 0 Å². The normalized spacial score (nSPS) is 10.6. The third-order valence-electron chi connectivity index (χ3n) is 4.06. The number of carbonyl (C=O) groups is 2. The minimum absolute atomic E-state index is 0.239. The van der Waals surface area contributed by atoms with Gasteiger partial charge in [-0.2, -0.15) is 0 Å². The fourth-order valence-corrected chi connectivity index (χ4v) is 2.58. The molecule has 26 heavy (non-hydrogen) atoms. The zero-order valence-electron chi connectivity index (χ0n) is 15.7. The molecule has 2 rings (SSSR count). The molecule has 0 unspecified atom stereocenters. The highest BCUT2D eigenvalue weighted by molar-refractivity contribution is 5.96. The molecule has 0 fully saturated rings. The molecule has 0 aliphatic rings. The van der Waals surface area contributed by atoms with Crippen molar-refractivity contribution in [3.8, 4) is 5.75 Å². The summed E-state index contributed by atoms with van der Waals surface area (Å²) in [7, 11) is 0. The number of hydrogen-bond donors (Lipinski definition) is 0. The molecule has 0 aromatic heterocycles. The second kappa shape index (κ2) is 9.76. The van der Waals surface area contributed by atoms with Gasteiger partial charge < -0.3 is 9.47 Å². The van der Waals surface area contributed by atoms with Gasteiger partial charge in [0.05, 0.1) is 17.7 Å². The highest BCUT2D eigenvalue weighted by atomic mass is 16.5. The number of hydrogen-bond acceptors (Lipinski definition) is 4. The van der Waals surface area contributed by atoms with Crippen molar-refractivity contribution < 1.29 is 19.1 Å². The lowest BCUT2D eigenvalue weighted by Crippen LogP contribution is -2.12. The first-order valence-corrected chi connectivity index (χ1v) is 9.11. The van der Waals surface area contributed by atoms with E-state index < -0.39 is 11.9 Å². The monoisotopic (exact) mass is 354 g/mol. The molecule has 0 N–H and O–H groups in total. The molecule has 0 saturated carbocycles. The Morgan fingerprint density at radius 2 is 1.62 bits per heavy atom. The minimum Gasteiger partial charge on any atom is -0.462 e. The molecule has 0 spiro atoms. The molecule has 0 bridgehead atoms. The van der Waals surface area contributed by atoms with Crippen molar-refractivity contribution in [2.75, 3.05) is 6.61 Å². The van der Waals surface area contributed by atoms with E-state index in [2.05, 4.69) is 6.92 Å². The van der Waals surface area contributed by atoms with E-state index in [4.69, 9.17) is 9.47 Å². The predicted molar refractivity (Wildman–Crippen MR) is 102 cm³/mol. The molecular formula is C22H26O4. The molecule has 138 valence electrons. The molecule has 0 atom stereocenters. The van der Waals surface area contributed by atoms with Gasteiger partial charge in [-0.05, 0) is 42.2 Å². The highest BCUT2D eigenvalue weighted by Gasteiger charge is 2.15. The van der Waals surface area contributed by atoms with E-state index in [-0.39, 0.29) is 5.92 Å². The van der Waals surface area contributed by atoms with Crippen LogP contribution in [0.2, 0.25) is 0 Å². The predicted octanol–water partition coefficient (Wildman–Crippen LogP) is 5.38. The van der Waals surface area contributed by atoms with Crippen LogP contribution in [0.25, 0.3) is 0 Å². The summed E-state index contributed by atoms with van der Waals surface area (Å²) in [6.45, 7) is 6.57. The number of unbranched alkanes of at least 4 members (excludes halogenated alkanes) is 2. The van der Waals surface area contributed by atoms with Crippen molar-refractivity contribution in [1.82, 2.24) is 0 Å². The maximum absolute atomic E-state index is 12.5. The fraction of sp³-hybridized carbons (Fsp3) is 0.364. The Balaban J connectivity index is 2.07. The van der Waals surface area contributed by atoms with Crippen LogP contribution in [0.3, 0.4) is 0 Å². The van der Waals surface area contributed by atoms with Crippen LogP contribution < -0.4 is 4.74 Å². The molecule has 4 nitrogen and oxygen atoms in total. The van der Waals surface area contributed by atoms with Gasteiger partial charge in [0, 0.05) is 0 Å². The lowest BCUT2D eigenvalue weighted by Gasteiger charge is -2.12. The zero-order valence-corrected chi connectivity index (χ0v) is 15.7. The van der Waals surface area contributed by atoms with E-state index >= 15 is 0 Å². The molecule has 0 heterocycles. The SMILES string of the molecule is CCCCCOC(=O)c1cccc(C(=O)Oc2ccccc2C(C)C)c1. The Morgan fingerprint density at radius 1 is 0.923 bits per heavy atom. The zero-order chi connectivity index (χ0) is 18.9. The summed E-state index contributed by atoms with van der Waals surface area (Å²) in [4.78, 5) is 24.6. The summed E-state index contributed by atoms with van der Waals surface area (Å²) in [6, 6.07) is 13.9. The van der Waals surface area contributed by atoms with Gasteiger partial charge in [-0.25, -0.2) is 9.59 Å². The van der Waals surface area contributed by atoms with Crippen LogP contribution in [-0.4, -0.2) is 18.5 Å².